The molecule has 0 amide bonds. The number of rotatable bonds is 3. The van der Waals surface area contributed by atoms with Crippen LogP contribution in [0.3, 0.4) is 0 Å². The Morgan fingerprint density at radius 1 is 0.630 bits per heavy atom. The van der Waals surface area contributed by atoms with Gasteiger partial charge in [-0.15, -0.1) is 0 Å². The first kappa shape index (κ1) is 18.5. The van der Waals surface area contributed by atoms with E-state index in [1.807, 2.05) is 98.8 Å². The summed E-state index contributed by atoms with van der Waals surface area (Å²) in [5, 5.41) is 0. The van der Waals surface area contributed by atoms with E-state index in [4.69, 9.17) is 4.74 Å². The summed E-state index contributed by atoms with van der Waals surface area (Å²) in [6.45, 7) is 4.05. The molecule has 1 atom stereocenters. The van der Waals surface area contributed by atoms with E-state index in [2.05, 4.69) is 23.7 Å². The molecule has 1 unspecified atom stereocenters. The lowest BCUT2D eigenvalue weighted by atomic mass is 10.0. The molecule has 0 aliphatic rings. The molecule has 0 saturated carbocycles. The Morgan fingerprint density at radius 2 is 1.19 bits per heavy atom. The third-order valence-electron chi connectivity index (χ3n) is 3.89. The molecule has 3 aromatic rings. The Morgan fingerprint density at radius 3 is 1.81 bits per heavy atom. The highest BCUT2D eigenvalue weighted by molar-refractivity contribution is 5.49. The van der Waals surface area contributed by atoms with Crippen LogP contribution in [0, 0.1) is 23.7 Å². The van der Waals surface area contributed by atoms with Crippen LogP contribution in [0.15, 0.2) is 84.9 Å². The van der Waals surface area contributed by atoms with Crippen molar-refractivity contribution in [2.24, 2.45) is 0 Å². The van der Waals surface area contributed by atoms with Crippen molar-refractivity contribution in [3.05, 3.63) is 107 Å². The maximum atomic E-state index is 6.11. The van der Waals surface area contributed by atoms with Crippen LogP contribution < -0.4 is 0 Å². The van der Waals surface area contributed by atoms with Crippen molar-refractivity contribution in [2.45, 2.75) is 26.1 Å². The fourth-order valence-corrected chi connectivity index (χ4v) is 2.63. The molecule has 132 valence electrons. The lowest BCUT2D eigenvalue weighted by Gasteiger charge is -2.17. The summed E-state index contributed by atoms with van der Waals surface area (Å²) >= 11 is 0. The lowest BCUT2D eigenvalue weighted by molar-refractivity contribution is 0.0402. The van der Waals surface area contributed by atoms with Crippen molar-refractivity contribution in [1.82, 2.24) is 0 Å². The molecule has 0 saturated heterocycles. The zero-order valence-corrected chi connectivity index (χ0v) is 15.6. The zero-order valence-electron chi connectivity index (χ0n) is 15.6. The number of hydrogen-bond acceptors (Lipinski definition) is 1. The first-order valence-electron chi connectivity index (χ1n) is 9.10. The number of ether oxygens (including phenoxy) is 1. The quantitative estimate of drug-likeness (QED) is 0.558. The topological polar surface area (TPSA) is 9.23 Å². The second-order valence-electron chi connectivity index (χ2n) is 6.40. The van der Waals surface area contributed by atoms with Crippen LogP contribution in [0.2, 0.25) is 0 Å². The van der Waals surface area contributed by atoms with E-state index in [1.54, 1.807) is 0 Å². The molecule has 0 aliphatic heterocycles. The third kappa shape index (κ3) is 5.61. The lowest BCUT2D eigenvalue weighted by Crippen LogP contribution is -2.10. The molecule has 1 heteroatoms. The summed E-state index contributed by atoms with van der Waals surface area (Å²) in [6, 6.07) is 28.0. The van der Waals surface area contributed by atoms with Gasteiger partial charge >= 0.3 is 0 Å². The van der Waals surface area contributed by atoms with Crippen LogP contribution in [-0.2, 0) is 4.74 Å². The van der Waals surface area contributed by atoms with Crippen molar-refractivity contribution in [1.29, 1.82) is 0 Å². The largest absolute Gasteiger partial charge is 0.358 e. The highest BCUT2D eigenvalue weighted by atomic mass is 16.5. The highest BCUT2D eigenvalue weighted by Gasteiger charge is 2.14. The van der Waals surface area contributed by atoms with Gasteiger partial charge in [-0.2, -0.15) is 0 Å². The summed E-state index contributed by atoms with van der Waals surface area (Å²) in [5.74, 6) is 13.0. The number of hydrogen-bond donors (Lipinski definition) is 0. The third-order valence-corrected chi connectivity index (χ3v) is 3.89. The molecule has 1 nitrogen and oxygen atoms in total. The molecule has 0 N–H and O–H groups in total. The average Bonchev–Trinajstić information content (AvgIpc) is 2.71. The van der Waals surface area contributed by atoms with E-state index in [0.29, 0.717) is 0 Å². The van der Waals surface area contributed by atoms with Gasteiger partial charge in [0.05, 0.1) is 6.10 Å². The smallest absolute Gasteiger partial charge is 0.145 e. The first-order chi connectivity index (χ1) is 13.2. The van der Waals surface area contributed by atoms with Crippen LogP contribution in [0.4, 0.5) is 0 Å². The summed E-state index contributed by atoms with van der Waals surface area (Å²) in [7, 11) is 0. The van der Waals surface area contributed by atoms with Gasteiger partial charge in [0.2, 0.25) is 0 Å². The minimum atomic E-state index is -0.327. The summed E-state index contributed by atoms with van der Waals surface area (Å²) < 4.78 is 6.11. The average molecular weight is 350 g/mol. The number of benzene rings is 3. The van der Waals surface area contributed by atoms with Gasteiger partial charge < -0.3 is 4.74 Å². The normalized spacial score (nSPS) is 11.1. The Labute approximate surface area is 162 Å². The van der Waals surface area contributed by atoms with Crippen molar-refractivity contribution in [2.75, 3.05) is 0 Å². The van der Waals surface area contributed by atoms with Gasteiger partial charge in [0.25, 0.3) is 0 Å². The Bertz CT molecular complexity index is 980. The van der Waals surface area contributed by atoms with E-state index in [0.717, 1.165) is 22.3 Å². The fraction of sp³-hybridized carbons (Fsp3) is 0.154. The second kappa shape index (κ2) is 9.44. The minimum absolute atomic E-state index is 0.0650. The Hall–Kier alpha value is -3.26. The van der Waals surface area contributed by atoms with E-state index < -0.39 is 0 Å². The zero-order chi connectivity index (χ0) is 18.9. The standard InChI is InChI=1S/C26H22O/c1-21(2)27-26(20-18-23-13-7-4-8-14-23)25-16-10-9-15-24(25)19-17-22-11-5-3-6-12-22/h3-16,21,26H,1-2H3. The van der Waals surface area contributed by atoms with Crippen LogP contribution in [0.5, 0.6) is 0 Å². The fourth-order valence-electron chi connectivity index (χ4n) is 2.63. The predicted molar refractivity (Wildman–Crippen MR) is 111 cm³/mol. The van der Waals surface area contributed by atoms with E-state index in [-0.39, 0.29) is 12.2 Å². The molecule has 0 fully saturated rings. The SMILES string of the molecule is CC(C)OC(C#Cc1ccccc1)c1ccccc1C#Cc1ccccc1. The van der Waals surface area contributed by atoms with Crippen molar-refractivity contribution >= 4 is 0 Å². The van der Waals surface area contributed by atoms with Crippen LogP contribution in [0.1, 0.15) is 42.2 Å². The van der Waals surface area contributed by atoms with Gasteiger partial charge in [0.1, 0.15) is 6.10 Å². The molecule has 0 radical (unpaired) electrons. The summed E-state index contributed by atoms with van der Waals surface area (Å²) in [5.41, 5.74) is 3.90. The maximum absolute atomic E-state index is 6.11. The van der Waals surface area contributed by atoms with Gasteiger partial charge in [-0.05, 0) is 44.2 Å². The monoisotopic (exact) mass is 350 g/mol. The highest BCUT2D eigenvalue weighted by Crippen LogP contribution is 2.22. The molecule has 0 aliphatic carbocycles. The van der Waals surface area contributed by atoms with E-state index in [9.17, 15) is 0 Å². The van der Waals surface area contributed by atoms with Crippen molar-refractivity contribution in [3.8, 4) is 23.7 Å². The van der Waals surface area contributed by atoms with Crippen LogP contribution in [-0.4, -0.2) is 6.10 Å². The maximum Gasteiger partial charge on any atom is 0.145 e. The Balaban J connectivity index is 1.96. The molecule has 0 heterocycles. The van der Waals surface area contributed by atoms with Gasteiger partial charge in [0, 0.05) is 22.3 Å². The van der Waals surface area contributed by atoms with Gasteiger partial charge in [-0.3, -0.25) is 0 Å². The van der Waals surface area contributed by atoms with Gasteiger partial charge in [0.15, 0.2) is 0 Å². The minimum Gasteiger partial charge on any atom is -0.358 e. The van der Waals surface area contributed by atoms with Crippen molar-refractivity contribution in [3.63, 3.8) is 0 Å². The molecule has 3 rings (SSSR count). The summed E-state index contributed by atoms with van der Waals surface area (Å²) in [4.78, 5) is 0. The van der Waals surface area contributed by atoms with Gasteiger partial charge in [-0.1, -0.05) is 78.3 Å². The van der Waals surface area contributed by atoms with Crippen LogP contribution >= 0.6 is 0 Å². The molecule has 0 spiro atoms. The van der Waals surface area contributed by atoms with Crippen molar-refractivity contribution < 1.29 is 4.74 Å². The predicted octanol–water partition coefficient (Wildman–Crippen LogP) is 5.60. The molecule has 3 aromatic carbocycles. The molecular weight excluding hydrogens is 328 g/mol. The van der Waals surface area contributed by atoms with E-state index >= 15 is 0 Å². The molecule has 27 heavy (non-hydrogen) atoms. The first-order valence-corrected chi connectivity index (χ1v) is 9.10. The molecular formula is C26H22O. The van der Waals surface area contributed by atoms with E-state index in [1.165, 1.54) is 0 Å². The van der Waals surface area contributed by atoms with Gasteiger partial charge in [-0.25, -0.2) is 0 Å². The molecule has 0 bridgehead atoms. The molecule has 0 aromatic heterocycles. The Kier molecular flexibility index (Phi) is 6.48. The second-order valence-corrected chi connectivity index (χ2v) is 6.40. The van der Waals surface area contributed by atoms with Crippen LogP contribution in [0.25, 0.3) is 0 Å². The summed E-state index contributed by atoms with van der Waals surface area (Å²) in [6.07, 6.45) is -0.262.